The number of hydrogen-bond acceptors (Lipinski definition) is 3. The van der Waals surface area contributed by atoms with Gasteiger partial charge in [0, 0.05) is 30.6 Å². The molecule has 2 amide bonds. The number of likely N-dealkylation sites (tertiary alicyclic amines) is 1. The number of nitrogens with one attached hydrogen (secondary N) is 1. The van der Waals surface area contributed by atoms with Gasteiger partial charge in [-0.15, -0.1) is 0 Å². The SMILES string of the molecule is Cc1ccccc1C(=O)Nc1ccnn1C1CCN(C(=O)C2CC23CCC3)CC1. The van der Waals surface area contributed by atoms with Crippen LogP contribution in [0.4, 0.5) is 5.82 Å². The van der Waals surface area contributed by atoms with Crippen molar-refractivity contribution in [1.29, 1.82) is 0 Å². The van der Waals surface area contributed by atoms with Crippen LogP contribution in [0.15, 0.2) is 36.5 Å². The van der Waals surface area contributed by atoms with Gasteiger partial charge >= 0.3 is 0 Å². The molecule has 6 nitrogen and oxygen atoms in total. The van der Waals surface area contributed by atoms with Crippen molar-refractivity contribution in [3.8, 4) is 0 Å². The molecule has 0 radical (unpaired) electrons. The molecule has 1 unspecified atom stereocenters. The lowest BCUT2D eigenvalue weighted by molar-refractivity contribution is -0.135. The summed E-state index contributed by atoms with van der Waals surface area (Å²) in [4.78, 5) is 27.5. The monoisotopic (exact) mass is 392 g/mol. The molecule has 1 aromatic heterocycles. The van der Waals surface area contributed by atoms with Gasteiger partial charge in [0.15, 0.2) is 0 Å². The zero-order chi connectivity index (χ0) is 20.0. The fraction of sp³-hybridized carbons (Fsp3) is 0.522. The molecule has 2 saturated carbocycles. The highest BCUT2D eigenvalue weighted by molar-refractivity contribution is 6.04. The lowest BCUT2D eigenvalue weighted by atomic mass is 9.79. The van der Waals surface area contributed by atoms with Crippen LogP contribution >= 0.6 is 0 Å². The summed E-state index contributed by atoms with van der Waals surface area (Å²) in [6.45, 7) is 3.49. The summed E-state index contributed by atoms with van der Waals surface area (Å²) in [5, 5.41) is 7.48. The maximum Gasteiger partial charge on any atom is 0.257 e. The zero-order valence-corrected chi connectivity index (χ0v) is 16.9. The Morgan fingerprint density at radius 3 is 2.55 bits per heavy atom. The first-order valence-corrected chi connectivity index (χ1v) is 10.8. The van der Waals surface area contributed by atoms with Gasteiger partial charge in [0.1, 0.15) is 5.82 Å². The van der Waals surface area contributed by atoms with E-state index in [-0.39, 0.29) is 11.9 Å². The summed E-state index contributed by atoms with van der Waals surface area (Å²) in [5.41, 5.74) is 2.02. The number of piperidine rings is 1. The highest BCUT2D eigenvalue weighted by atomic mass is 16.2. The summed E-state index contributed by atoms with van der Waals surface area (Å²) >= 11 is 0. The Morgan fingerprint density at radius 2 is 1.90 bits per heavy atom. The minimum Gasteiger partial charge on any atom is -0.342 e. The van der Waals surface area contributed by atoms with E-state index < -0.39 is 0 Å². The predicted molar refractivity (Wildman–Crippen MR) is 111 cm³/mol. The number of nitrogens with zero attached hydrogens (tertiary/aromatic N) is 3. The summed E-state index contributed by atoms with van der Waals surface area (Å²) in [6.07, 6.45) is 8.38. The number of carbonyl (C=O) groups excluding carboxylic acids is 2. The molecule has 1 atom stereocenters. The number of rotatable bonds is 4. The van der Waals surface area contributed by atoms with E-state index in [2.05, 4.69) is 15.3 Å². The average Bonchev–Trinajstić information content (AvgIpc) is 3.33. The van der Waals surface area contributed by atoms with E-state index in [0.29, 0.717) is 22.8 Å². The molecule has 3 aliphatic rings. The number of aryl methyl sites for hydroxylation is 1. The van der Waals surface area contributed by atoms with Crippen LogP contribution in [0, 0.1) is 18.3 Å². The van der Waals surface area contributed by atoms with Gasteiger partial charge in [0.25, 0.3) is 5.91 Å². The quantitative estimate of drug-likeness (QED) is 0.861. The molecule has 1 spiro atoms. The van der Waals surface area contributed by atoms with Crippen LogP contribution in [-0.4, -0.2) is 39.6 Å². The van der Waals surface area contributed by atoms with E-state index in [1.54, 1.807) is 6.20 Å². The van der Waals surface area contributed by atoms with Gasteiger partial charge < -0.3 is 10.2 Å². The van der Waals surface area contributed by atoms with Gasteiger partial charge in [0.05, 0.1) is 12.2 Å². The van der Waals surface area contributed by atoms with E-state index in [1.807, 2.05) is 41.9 Å². The van der Waals surface area contributed by atoms with Gasteiger partial charge in [-0.3, -0.25) is 9.59 Å². The molecule has 0 bridgehead atoms. The lowest BCUT2D eigenvalue weighted by Gasteiger charge is -2.34. The molecular weight excluding hydrogens is 364 g/mol. The maximum absolute atomic E-state index is 12.8. The molecule has 6 heteroatoms. The molecule has 2 heterocycles. The first-order chi connectivity index (χ1) is 14.1. The molecule has 152 valence electrons. The summed E-state index contributed by atoms with van der Waals surface area (Å²) in [5.74, 6) is 1.27. The first kappa shape index (κ1) is 18.4. The van der Waals surface area contributed by atoms with Gasteiger partial charge in [-0.1, -0.05) is 24.6 Å². The second kappa shape index (κ2) is 7.01. The van der Waals surface area contributed by atoms with Crippen molar-refractivity contribution < 1.29 is 9.59 Å². The van der Waals surface area contributed by atoms with Crippen molar-refractivity contribution in [2.24, 2.45) is 11.3 Å². The zero-order valence-electron chi connectivity index (χ0n) is 16.9. The number of carbonyl (C=O) groups is 2. The number of benzene rings is 1. The minimum atomic E-state index is -0.114. The molecule has 2 aromatic rings. The first-order valence-electron chi connectivity index (χ1n) is 10.8. The summed E-state index contributed by atoms with van der Waals surface area (Å²) in [7, 11) is 0. The van der Waals surface area contributed by atoms with Crippen molar-refractivity contribution in [2.45, 2.75) is 51.5 Å². The number of amides is 2. The van der Waals surface area contributed by atoms with Crippen molar-refractivity contribution in [2.75, 3.05) is 18.4 Å². The fourth-order valence-electron chi connectivity index (χ4n) is 5.15. The Balaban J connectivity index is 1.21. The minimum absolute atomic E-state index is 0.114. The third-order valence-corrected chi connectivity index (χ3v) is 7.26. The highest BCUT2D eigenvalue weighted by Gasteiger charge is 2.61. The highest BCUT2D eigenvalue weighted by Crippen LogP contribution is 2.66. The van der Waals surface area contributed by atoms with E-state index in [1.165, 1.54) is 19.3 Å². The summed E-state index contributed by atoms with van der Waals surface area (Å²) < 4.78 is 1.92. The number of aromatic nitrogens is 2. The molecule has 1 aromatic carbocycles. The van der Waals surface area contributed by atoms with E-state index in [0.717, 1.165) is 43.7 Å². The maximum atomic E-state index is 12.8. The van der Waals surface area contributed by atoms with E-state index >= 15 is 0 Å². The van der Waals surface area contributed by atoms with Crippen LogP contribution in [0.25, 0.3) is 0 Å². The average molecular weight is 393 g/mol. The molecule has 29 heavy (non-hydrogen) atoms. The Labute approximate surface area is 171 Å². The third kappa shape index (κ3) is 3.24. The van der Waals surface area contributed by atoms with Crippen LogP contribution in [0.2, 0.25) is 0 Å². The van der Waals surface area contributed by atoms with Gasteiger partial charge in [-0.05, 0) is 56.1 Å². The lowest BCUT2D eigenvalue weighted by Crippen LogP contribution is -2.41. The Morgan fingerprint density at radius 1 is 1.14 bits per heavy atom. The van der Waals surface area contributed by atoms with E-state index in [9.17, 15) is 9.59 Å². The Bertz CT molecular complexity index is 938. The van der Waals surface area contributed by atoms with Crippen LogP contribution in [0.1, 0.15) is 60.5 Å². The van der Waals surface area contributed by atoms with Crippen molar-refractivity contribution in [3.05, 3.63) is 47.7 Å². The fourth-order valence-corrected chi connectivity index (χ4v) is 5.15. The molecule has 2 aliphatic carbocycles. The molecule has 3 fully saturated rings. The normalized spacial score (nSPS) is 22.9. The van der Waals surface area contributed by atoms with Crippen LogP contribution in [0.3, 0.4) is 0 Å². The number of hydrogen-bond donors (Lipinski definition) is 1. The summed E-state index contributed by atoms with van der Waals surface area (Å²) in [6, 6.07) is 9.63. The molecular formula is C23H28N4O2. The number of anilines is 1. The topological polar surface area (TPSA) is 67.2 Å². The van der Waals surface area contributed by atoms with Gasteiger partial charge in [-0.25, -0.2) is 4.68 Å². The largest absolute Gasteiger partial charge is 0.342 e. The van der Waals surface area contributed by atoms with Crippen LogP contribution < -0.4 is 5.32 Å². The molecule has 1 saturated heterocycles. The van der Waals surface area contributed by atoms with E-state index in [4.69, 9.17) is 0 Å². The van der Waals surface area contributed by atoms with Gasteiger partial charge in [-0.2, -0.15) is 5.10 Å². The van der Waals surface area contributed by atoms with Crippen molar-refractivity contribution in [3.63, 3.8) is 0 Å². The standard InChI is InChI=1S/C23H28N4O2/c1-16-5-2-3-6-18(16)21(28)25-20-7-12-24-27(20)17-8-13-26(14-9-17)22(29)19-15-23(19)10-4-11-23/h2-3,5-7,12,17,19H,4,8-11,13-15H2,1H3,(H,25,28). The second-order valence-corrected chi connectivity index (χ2v) is 8.96. The predicted octanol–water partition coefficient (Wildman–Crippen LogP) is 3.80. The molecule has 1 aliphatic heterocycles. The van der Waals surface area contributed by atoms with Crippen molar-refractivity contribution >= 4 is 17.6 Å². The molecule has 1 N–H and O–H groups in total. The Kier molecular flexibility index (Phi) is 4.45. The van der Waals surface area contributed by atoms with Gasteiger partial charge in [0.2, 0.25) is 5.91 Å². The second-order valence-electron chi connectivity index (χ2n) is 8.96. The van der Waals surface area contributed by atoms with Crippen molar-refractivity contribution in [1.82, 2.24) is 14.7 Å². The van der Waals surface area contributed by atoms with Crippen LogP contribution in [-0.2, 0) is 4.79 Å². The van der Waals surface area contributed by atoms with Crippen LogP contribution in [0.5, 0.6) is 0 Å². The third-order valence-electron chi connectivity index (χ3n) is 7.26. The Hall–Kier alpha value is -2.63. The smallest absolute Gasteiger partial charge is 0.257 e. The molecule has 5 rings (SSSR count).